The van der Waals surface area contributed by atoms with E-state index in [1.807, 2.05) is 0 Å². The Morgan fingerprint density at radius 2 is 1.94 bits per heavy atom. The van der Waals surface area contributed by atoms with Gasteiger partial charge in [-0.3, -0.25) is 0 Å². The Morgan fingerprint density at radius 3 is 2.47 bits per heavy atom. The topological polar surface area (TPSA) is 12.0 Å². The monoisotopic (exact) mass is 249 g/mol. The normalized spacial score (nSPS) is 11.8. The van der Waals surface area contributed by atoms with Crippen LogP contribution in [0.5, 0.6) is 0 Å². The molecule has 0 aliphatic heterocycles. The van der Waals surface area contributed by atoms with Gasteiger partial charge in [-0.25, -0.2) is 0 Å². The molecule has 0 bridgehead atoms. The SMILES string of the molecule is CCCNCC(=Cc1ccc(SC)cc1)CC. The van der Waals surface area contributed by atoms with Crippen molar-refractivity contribution in [2.75, 3.05) is 19.3 Å². The highest BCUT2D eigenvalue weighted by molar-refractivity contribution is 7.98. The third kappa shape index (κ3) is 5.42. The molecule has 1 rings (SSSR count). The van der Waals surface area contributed by atoms with Crippen molar-refractivity contribution in [3.63, 3.8) is 0 Å². The molecule has 1 aromatic rings. The Balaban J connectivity index is 2.62. The van der Waals surface area contributed by atoms with Crippen LogP contribution in [0.2, 0.25) is 0 Å². The summed E-state index contributed by atoms with van der Waals surface area (Å²) in [4.78, 5) is 1.32. The van der Waals surface area contributed by atoms with Gasteiger partial charge in [0.2, 0.25) is 0 Å². The van der Waals surface area contributed by atoms with Crippen molar-refractivity contribution >= 4 is 17.8 Å². The first-order chi connectivity index (χ1) is 8.30. The maximum absolute atomic E-state index is 3.46. The van der Waals surface area contributed by atoms with Crippen LogP contribution in [0.3, 0.4) is 0 Å². The average Bonchev–Trinajstić information content (AvgIpc) is 2.38. The number of nitrogens with one attached hydrogen (secondary N) is 1. The van der Waals surface area contributed by atoms with Gasteiger partial charge in [0.15, 0.2) is 0 Å². The van der Waals surface area contributed by atoms with E-state index < -0.39 is 0 Å². The predicted molar refractivity (Wildman–Crippen MR) is 79.7 cm³/mol. The molecular formula is C15H23NS. The second kappa shape index (κ2) is 8.37. The van der Waals surface area contributed by atoms with Crippen LogP contribution in [-0.2, 0) is 0 Å². The molecule has 0 aliphatic rings. The van der Waals surface area contributed by atoms with Crippen molar-refractivity contribution in [1.29, 1.82) is 0 Å². The van der Waals surface area contributed by atoms with Crippen molar-refractivity contribution in [3.05, 3.63) is 35.4 Å². The molecule has 94 valence electrons. The predicted octanol–water partition coefficient (Wildman–Crippen LogP) is 4.20. The van der Waals surface area contributed by atoms with Crippen LogP contribution in [0.25, 0.3) is 6.08 Å². The van der Waals surface area contributed by atoms with Gasteiger partial charge in [-0.15, -0.1) is 11.8 Å². The molecule has 0 saturated carbocycles. The summed E-state index contributed by atoms with van der Waals surface area (Å²) < 4.78 is 0. The third-order valence-corrected chi connectivity index (χ3v) is 3.46. The molecular weight excluding hydrogens is 226 g/mol. The molecule has 2 heteroatoms. The third-order valence-electron chi connectivity index (χ3n) is 2.72. The molecule has 0 aromatic heterocycles. The van der Waals surface area contributed by atoms with E-state index in [1.54, 1.807) is 11.8 Å². The zero-order chi connectivity index (χ0) is 12.5. The fourth-order valence-corrected chi connectivity index (χ4v) is 2.05. The van der Waals surface area contributed by atoms with Crippen LogP contribution in [0.1, 0.15) is 32.3 Å². The van der Waals surface area contributed by atoms with Crippen LogP contribution < -0.4 is 5.32 Å². The fourth-order valence-electron chi connectivity index (χ4n) is 1.64. The zero-order valence-electron chi connectivity index (χ0n) is 11.1. The van der Waals surface area contributed by atoms with Gasteiger partial charge in [0.1, 0.15) is 0 Å². The minimum atomic E-state index is 1.01. The molecule has 0 aliphatic carbocycles. The first-order valence-corrected chi connectivity index (χ1v) is 7.56. The smallest absolute Gasteiger partial charge is 0.0167 e. The minimum Gasteiger partial charge on any atom is -0.313 e. The van der Waals surface area contributed by atoms with Gasteiger partial charge in [0.25, 0.3) is 0 Å². The van der Waals surface area contributed by atoms with E-state index in [4.69, 9.17) is 0 Å². The molecule has 0 radical (unpaired) electrons. The van der Waals surface area contributed by atoms with E-state index in [1.165, 1.54) is 22.5 Å². The van der Waals surface area contributed by atoms with Gasteiger partial charge in [0.05, 0.1) is 0 Å². The van der Waals surface area contributed by atoms with Crippen LogP contribution in [0.4, 0.5) is 0 Å². The van der Waals surface area contributed by atoms with Gasteiger partial charge in [-0.2, -0.15) is 0 Å². The van der Waals surface area contributed by atoms with Crippen molar-refractivity contribution in [2.24, 2.45) is 0 Å². The number of benzene rings is 1. The van der Waals surface area contributed by atoms with E-state index in [2.05, 4.69) is 55.8 Å². The fraction of sp³-hybridized carbons (Fsp3) is 0.467. The number of hydrogen-bond donors (Lipinski definition) is 1. The zero-order valence-corrected chi connectivity index (χ0v) is 11.9. The number of thioether (sulfide) groups is 1. The molecule has 1 N–H and O–H groups in total. The summed E-state index contributed by atoms with van der Waals surface area (Å²) in [6.07, 6.45) is 6.71. The van der Waals surface area contributed by atoms with Crippen molar-refractivity contribution < 1.29 is 0 Å². The molecule has 1 aromatic carbocycles. The van der Waals surface area contributed by atoms with Crippen LogP contribution >= 0.6 is 11.8 Å². The van der Waals surface area contributed by atoms with Crippen LogP contribution in [0.15, 0.2) is 34.7 Å². The van der Waals surface area contributed by atoms with E-state index >= 15 is 0 Å². The largest absolute Gasteiger partial charge is 0.313 e. The van der Waals surface area contributed by atoms with Crippen molar-refractivity contribution in [3.8, 4) is 0 Å². The summed E-state index contributed by atoms with van der Waals surface area (Å²) in [5.74, 6) is 0. The van der Waals surface area contributed by atoms with Gasteiger partial charge >= 0.3 is 0 Å². The number of rotatable bonds is 7. The number of hydrogen-bond acceptors (Lipinski definition) is 2. The second-order valence-corrected chi connectivity index (χ2v) is 4.99. The molecule has 0 amide bonds. The first kappa shape index (κ1) is 14.3. The summed E-state index contributed by atoms with van der Waals surface area (Å²) >= 11 is 1.79. The lowest BCUT2D eigenvalue weighted by Gasteiger charge is -2.06. The van der Waals surface area contributed by atoms with E-state index in [0.717, 1.165) is 19.5 Å². The molecule has 0 saturated heterocycles. The van der Waals surface area contributed by atoms with Gasteiger partial charge in [0, 0.05) is 11.4 Å². The Morgan fingerprint density at radius 1 is 1.24 bits per heavy atom. The second-order valence-electron chi connectivity index (χ2n) is 4.11. The molecule has 0 atom stereocenters. The van der Waals surface area contributed by atoms with Crippen molar-refractivity contribution in [1.82, 2.24) is 5.32 Å². The Kier molecular flexibility index (Phi) is 7.06. The Labute approximate surface area is 110 Å². The quantitative estimate of drug-likeness (QED) is 0.574. The standard InChI is InChI=1S/C15H23NS/c1-4-10-16-12-13(5-2)11-14-6-8-15(17-3)9-7-14/h6-9,11,16H,4-5,10,12H2,1-3H3. The van der Waals surface area contributed by atoms with E-state index in [0.29, 0.717) is 0 Å². The summed E-state index contributed by atoms with van der Waals surface area (Å²) in [6, 6.07) is 8.76. The lowest BCUT2D eigenvalue weighted by molar-refractivity contribution is 0.706. The van der Waals surface area contributed by atoms with Gasteiger partial charge in [-0.05, 0) is 43.3 Å². The minimum absolute atomic E-state index is 1.01. The Hall–Kier alpha value is -0.730. The van der Waals surface area contributed by atoms with Crippen LogP contribution in [-0.4, -0.2) is 19.3 Å². The lowest BCUT2D eigenvalue weighted by atomic mass is 10.1. The maximum Gasteiger partial charge on any atom is 0.0167 e. The van der Waals surface area contributed by atoms with Crippen molar-refractivity contribution in [2.45, 2.75) is 31.6 Å². The van der Waals surface area contributed by atoms with Crippen LogP contribution in [0, 0.1) is 0 Å². The first-order valence-electron chi connectivity index (χ1n) is 6.34. The Bertz CT molecular complexity index is 340. The summed E-state index contributed by atoms with van der Waals surface area (Å²) in [5, 5.41) is 3.46. The van der Waals surface area contributed by atoms with Gasteiger partial charge < -0.3 is 5.32 Å². The summed E-state index contributed by atoms with van der Waals surface area (Å²) in [6.45, 7) is 6.52. The highest BCUT2D eigenvalue weighted by Gasteiger charge is 1.96. The van der Waals surface area contributed by atoms with E-state index in [-0.39, 0.29) is 0 Å². The van der Waals surface area contributed by atoms with E-state index in [9.17, 15) is 0 Å². The molecule has 0 unspecified atom stereocenters. The van der Waals surface area contributed by atoms with Gasteiger partial charge in [-0.1, -0.05) is 37.6 Å². The maximum atomic E-state index is 3.46. The summed E-state index contributed by atoms with van der Waals surface area (Å²) in [5.41, 5.74) is 2.77. The molecule has 0 spiro atoms. The lowest BCUT2D eigenvalue weighted by Crippen LogP contribution is -2.17. The highest BCUT2D eigenvalue weighted by Crippen LogP contribution is 2.17. The molecule has 0 fully saturated rings. The molecule has 1 nitrogen and oxygen atoms in total. The average molecular weight is 249 g/mol. The summed E-state index contributed by atoms with van der Waals surface area (Å²) in [7, 11) is 0. The molecule has 0 heterocycles. The highest BCUT2D eigenvalue weighted by atomic mass is 32.2. The molecule has 17 heavy (non-hydrogen) atoms.